The Kier molecular flexibility index (Phi) is 3.91. The number of halogens is 1. The van der Waals surface area contributed by atoms with E-state index >= 15 is 0 Å². The van der Waals surface area contributed by atoms with Crippen molar-refractivity contribution in [1.29, 1.82) is 0 Å². The first kappa shape index (κ1) is 17.8. The van der Waals surface area contributed by atoms with Gasteiger partial charge in [-0.15, -0.1) is 5.10 Å². The average Bonchev–Trinajstić information content (AvgIpc) is 3.10. The number of carbonyl (C=O) groups is 1. The molecule has 1 aromatic heterocycles. The Morgan fingerprint density at radius 3 is 2.55 bits per heavy atom. The van der Waals surface area contributed by atoms with Crippen LogP contribution in [0, 0.1) is 11.2 Å². The van der Waals surface area contributed by atoms with Crippen LogP contribution in [0.15, 0.2) is 65.9 Å². The number of ketones is 1. The highest BCUT2D eigenvalue weighted by atomic mass is 19.1. The van der Waals surface area contributed by atoms with E-state index in [0.29, 0.717) is 35.8 Å². The number of nitrogens with zero attached hydrogens (tertiary/aromatic N) is 3. The molecule has 1 unspecified atom stereocenters. The van der Waals surface area contributed by atoms with E-state index in [1.807, 2.05) is 30.3 Å². The highest BCUT2D eigenvalue weighted by Gasteiger charge is 2.42. The zero-order valence-electron chi connectivity index (χ0n) is 16.3. The number of carbonyl (C=O) groups excluding carboxylic acids is 1. The molecular formula is C23H21FN4O. The molecule has 0 bridgehead atoms. The van der Waals surface area contributed by atoms with Crippen molar-refractivity contribution in [3.63, 3.8) is 0 Å². The fourth-order valence-electron chi connectivity index (χ4n) is 4.30. The van der Waals surface area contributed by atoms with Crippen LogP contribution in [0.3, 0.4) is 0 Å². The lowest BCUT2D eigenvalue weighted by Crippen LogP contribution is -2.36. The molecule has 0 radical (unpaired) electrons. The van der Waals surface area contributed by atoms with Crippen molar-refractivity contribution in [2.45, 2.75) is 32.7 Å². The molecule has 3 aromatic rings. The SMILES string of the molecule is CC1(C)CC(=O)C2=C(C1)Nc1nc(-c3ccccc3)nn1C2c1ccccc1F. The lowest BCUT2D eigenvalue weighted by molar-refractivity contribution is -0.118. The Bertz CT molecular complexity index is 1150. The van der Waals surface area contributed by atoms with Gasteiger partial charge in [0, 0.05) is 28.8 Å². The van der Waals surface area contributed by atoms with Gasteiger partial charge in [0.05, 0.1) is 0 Å². The molecule has 2 heterocycles. The van der Waals surface area contributed by atoms with Crippen LogP contribution >= 0.6 is 0 Å². The van der Waals surface area contributed by atoms with Crippen LogP contribution in [-0.2, 0) is 4.79 Å². The number of allylic oxidation sites excluding steroid dienone is 2. The number of nitrogens with one attached hydrogen (secondary N) is 1. The van der Waals surface area contributed by atoms with Gasteiger partial charge < -0.3 is 5.32 Å². The number of anilines is 1. The van der Waals surface area contributed by atoms with Crippen molar-refractivity contribution in [3.8, 4) is 11.4 Å². The van der Waals surface area contributed by atoms with E-state index in [0.717, 1.165) is 11.3 Å². The summed E-state index contributed by atoms with van der Waals surface area (Å²) in [5.41, 5.74) is 2.55. The molecule has 146 valence electrons. The molecule has 2 aromatic carbocycles. The molecule has 0 spiro atoms. The summed E-state index contributed by atoms with van der Waals surface area (Å²) in [6.45, 7) is 4.15. The lowest BCUT2D eigenvalue weighted by atomic mass is 9.73. The number of hydrogen-bond donors (Lipinski definition) is 1. The van der Waals surface area contributed by atoms with Crippen LogP contribution in [0.1, 0.15) is 38.3 Å². The van der Waals surface area contributed by atoms with Crippen LogP contribution in [0.5, 0.6) is 0 Å². The minimum Gasteiger partial charge on any atom is -0.328 e. The zero-order chi connectivity index (χ0) is 20.2. The maximum atomic E-state index is 14.8. The van der Waals surface area contributed by atoms with Crippen LogP contribution in [0.2, 0.25) is 0 Å². The van der Waals surface area contributed by atoms with Crippen molar-refractivity contribution in [2.24, 2.45) is 5.41 Å². The molecule has 29 heavy (non-hydrogen) atoms. The Labute approximate surface area is 168 Å². The maximum absolute atomic E-state index is 14.8. The Balaban J connectivity index is 1.71. The van der Waals surface area contributed by atoms with E-state index in [9.17, 15) is 9.18 Å². The van der Waals surface area contributed by atoms with Gasteiger partial charge >= 0.3 is 0 Å². The van der Waals surface area contributed by atoms with E-state index in [1.54, 1.807) is 22.9 Å². The molecule has 1 N–H and O–H groups in total. The summed E-state index contributed by atoms with van der Waals surface area (Å²) in [4.78, 5) is 17.8. The molecule has 6 heteroatoms. The lowest BCUT2D eigenvalue weighted by Gasteiger charge is -2.38. The molecule has 0 saturated heterocycles. The minimum atomic E-state index is -0.629. The number of Topliss-reactive ketones (excluding diaryl/α,β-unsaturated/α-hetero) is 1. The molecule has 0 amide bonds. The van der Waals surface area contributed by atoms with Gasteiger partial charge in [-0.3, -0.25) is 4.79 Å². The Morgan fingerprint density at radius 2 is 1.79 bits per heavy atom. The van der Waals surface area contributed by atoms with Crippen LogP contribution < -0.4 is 5.32 Å². The molecule has 5 rings (SSSR count). The molecule has 1 aliphatic heterocycles. The quantitative estimate of drug-likeness (QED) is 0.689. The maximum Gasteiger partial charge on any atom is 0.226 e. The van der Waals surface area contributed by atoms with E-state index in [1.165, 1.54) is 6.07 Å². The first-order valence-corrected chi connectivity index (χ1v) is 9.73. The predicted molar refractivity (Wildman–Crippen MR) is 109 cm³/mol. The fraction of sp³-hybridized carbons (Fsp3) is 0.261. The van der Waals surface area contributed by atoms with E-state index in [-0.39, 0.29) is 17.0 Å². The second-order valence-electron chi connectivity index (χ2n) is 8.45. The topological polar surface area (TPSA) is 59.8 Å². The number of hydrogen-bond acceptors (Lipinski definition) is 4. The summed E-state index contributed by atoms with van der Waals surface area (Å²) in [6, 6.07) is 15.6. The van der Waals surface area contributed by atoms with Gasteiger partial charge in [-0.25, -0.2) is 9.07 Å². The monoisotopic (exact) mass is 388 g/mol. The van der Waals surface area contributed by atoms with Gasteiger partial charge in [0.1, 0.15) is 11.9 Å². The Hall–Kier alpha value is -3.28. The summed E-state index contributed by atoms with van der Waals surface area (Å²) in [5.74, 6) is 0.744. The molecular weight excluding hydrogens is 367 g/mol. The molecule has 0 fully saturated rings. The normalized spacial score (nSPS) is 20.1. The highest BCUT2D eigenvalue weighted by Crippen LogP contribution is 2.46. The first-order chi connectivity index (χ1) is 13.9. The summed E-state index contributed by atoms with van der Waals surface area (Å²) in [7, 11) is 0. The second-order valence-corrected chi connectivity index (χ2v) is 8.45. The van der Waals surface area contributed by atoms with Gasteiger partial charge in [0.15, 0.2) is 11.6 Å². The van der Waals surface area contributed by atoms with Crippen LogP contribution in [0.25, 0.3) is 11.4 Å². The molecule has 2 aliphatic rings. The van der Waals surface area contributed by atoms with Gasteiger partial charge in [0.2, 0.25) is 5.95 Å². The third-order valence-electron chi connectivity index (χ3n) is 5.56. The average molecular weight is 388 g/mol. The summed E-state index contributed by atoms with van der Waals surface area (Å²) >= 11 is 0. The van der Waals surface area contributed by atoms with Gasteiger partial charge in [-0.1, -0.05) is 62.4 Å². The molecule has 1 atom stereocenters. The molecule has 1 aliphatic carbocycles. The first-order valence-electron chi connectivity index (χ1n) is 9.73. The largest absolute Gasteiger partial charge is 0.328 e. The number of rotatable bonds is 2. The van der Waals surface area contributed by atoms with Crippen LogP contribution in [-0.4, -0.2) is 20.5 Å². The van der Waals surface area contributed by atoms with Gasteiger partial charge in [-0.2, -0.15) is 4.98 Å². The van der Waals surface area contributed by atoms with E-state index < -0.39 is 6.04 Å². The van der Waals surface area contributed by atoms with Crippen molar-refractivity contribution in [1.82, 2.24) is 14.8 Å². The van der Waals surface area contributed by atoms with E-state index in [4.69, 9.17) is 0 Å². The molecule has 0 saturated carbocycles. The van der Waals surface area contributed by atoms with Crippen molar-refractivity contribution < 1.29 is 9.18 Å². The minimum absolute atomic E-state index is 0.0272. The van der Waals surface area contributed by atoms with Gasteiger partial charge in [0.25, 0.3) is 0 Å². The third-order valence-corrected chi connectivity index (χ3v) is 5.56. The van der Waals surface area contributed by atoms with E-state index in [2.05, 4.69) is 29.2 Å². The van der Waals surface area contributed by atoms with Crippen molar-refractivity contribution >= 4 is 11.7 Å². The van der Waals surface area contributed by atoms with Gasteiger partial charge in [-0.05, 0) is 17.9 Å². The number of aromatic nitrogens is 3. The number of benzene rings is 2. The summed E-state index contributed by atoms with van der Waals surface area (Å²) in [5, 5.41) is 7.99. The van der Waals surface area contributed by atoms with Crippen molar-refractivity contribution in [2.75, 3.05) is 5.32 Å². The third kappa shape index (κ3) is 2.95. The highest BCUT2D eigenvalue weighted by molar-refractivity contribution is 6.00. The Morgan fingerprint density at radius 1 is 1.07 bits per heavy atom. The van der Waals surface area contributed by atoms with Crippen LogP contribution in [0.4, 0.5) is 10.3 Å². The summed E-state index contributed by atoms with van der Waals surface area (Å²) < 4.78 is 16.5. The smallest absolute Gasteiger partial charge is 0.226 e. The zero-order valence-corrected chi connectivity index (χ0v) is 16.3. The van der Waals surface area contributed by atoms with Crippen molar-refractivity contribution in [3.05, 3.63) is 77.2 Å². The molecule has 5 nitrogen and oxygen atoms in total. The standard InChI is InChI=1S/C23H21FN4O/c1-23(2)12-17-19(18(29)13-23)20(15-10-6-7-11-16(15)24)28-22(25-17)26-21(27-28)14-8-4-3-5-9-14/h3-11,20H,12-13H2,1-2H3,(H,25,26,27). The predicted octanol–water partition coefficient (Wildman–Crippen LogP) is 4.74. The fourth-order valence-corrected chi connectivity index (χ4v) is 4.30. The number of fused-ring (bicyclic) bond motifs is 1. The summed E-state index contributed by atoms with van der Waals surface area (Å²) in [6.07, 6.45) is 1.13. The second kappa shape index (κ2) is 6.37.